The van der Waals surface area contributed by atoms with Crippen LogP contribution in [-0.4, -0.2) is 30.8 Å². The lowest BCUT2D eigenvalue weighted by Gasteiger charge is -2.06. The Morgan fingerprint density at radius 2 is 1.96 bits per heavy atom. The van der Waals surface area contributed by atoms with Crippen molar-refractivity contribution in [3.05, 3.63) is 51.7 Å². The molecule has 1 N–H and O–H groups in total. The number of rotatable bonds is 7. The molecule has 0 saturated heterocycles. The lowest BCUT2D eigenvalue weighted by atomic mass is 10.2. The van der Waals surface area contributed by atoms with Crippen LogP contribution in [0, 0.1) is 13.8 Å². The van der Waals surface area contributed by atoms with Crippen molar-refractivity contribution in [2.45, 2.75) is 18.7 Å². The van der Waals surface area contributed by atoms with Gasteiger partial charge in [-0.1, -0.05) is 18.2 Å². The first kappa shape index (κ1) is 17.6. The lowest BCUT2D eigenvalue weighted by molar-refractivity contribution is -0.124. The molecule has 1 aromatic carbocycles. The van der Waals surface area contributed by atoms with E-state index < -0.39 is 5.97 Å². The third-order valence-electron chi connectivity index (χ3n) is 3.03. The van der Waals surface area contributed by atoms with Crippen LogP contribution in [0.25, 0.3) is 0 Å². The maximum Gasteiger partial charge on any atom is 0.339 e. The molecule has 0 aliphatic carbocycles. The topological polar surface area (TPSA) is 55.4 Å². The Balaban J connectivity index is 1.65. The van der Waals surface area contributed by atoms with Crippen LogP contribution in [0.3, 0.4) is 0 Å². The van der Waals surface area contributed by atoms with Gasteiger partial charge in [-0.25, -0.2) is 4.79 Å². The Bertz CT molecular complexity index is 668. The molecular weight excluding hydrogens is 330 g/mol. The van der Waals surface area contributed by atoms with Gasteiger partial charge in [0, 0.05) is 26.9 Å². The van der Waals surface area contributed by atoms with Crippen LogP contribution < -0.4 is 5.32 Å². The first-order valence-corrected chi connectivity index (χ1v) is 9.05. The smallest absolute Gasteiger partial charge is 0.339 e. The summed E-state index contributed by atoms with van der Waals surface area (Å²) in [6.07, 6.45) is 0. The summed E-state index contributed by atoms with van der Waals surface area (Å²) >= 11 is 3.21. The zero-order valence-corrected chi connectivity index (χ0v) is 14.8. The van der Waals surface area contributed by atoms with Crippen LogP contribution in [0.2, 0.25) is 0 Å². The largest absolute Gasteiger partial charge is 0.452 e. The van der Waals surface area contributed by atoms with Gasteiger partial charge in [-0.15, -0.1) is 23.1 Å². The van der Waals surface area contributed by atoms with E-state index >= 15 is 0 Å². The SMILES string of the molecule is Cc1cc(C(=O)OCC(=O)NCCSc2ccccc2)c(C)s1. The molecule has 2 rings (SSSR count). The Morgan fingerprint density at radius 3 is 2.61 bits per heavy atom. The van der Waals surface area contributed by atoms with Gasteiger partial charge in [0.1, 0.15) is 0 Å². The van der Waals surface area contributed by atoms with Gasteiger partial charge in [-0.3, -0.25) is 4.79 Å². The van der Waals surface area contributed by atoms with Crippen molar-refractivity contribution in [2.75, 3.05) is 18.9 Å². The summed E-state index contributed by atoms with van der Waals surface area (Å²) in [5.41, 5.74) is 0.542. The number of hydrogen-bond donors (Lipinski definition) is 1. The summed E-state index contributed by atoms with van der Waals surface area (Å²) in [4.78, 5) is 26.7. The number of amides is 1. The molecule has 4 nitrogen and oxygen atoms in total. The normalized spacial score (nSPS) is 10.3. The molecule has 0 bridgehead atoms. The second-order valence-corrected chi connectivity index (χ2v) is 7.54. The zero-order chi connectivity index (χ0) is 16.7. The fraction of sp³-hybridized carbons (Fsp3) is 0.294. The monoisotopic (exact) mass is 349 g/mol. The minimum absolute atomic E-state index is 0.247. The predicted molar refractivity (Wildman–Crippen MR) is 94.3 cm³/mol. The fourth-order valence-electron chi connectivity index (χ4n) is 1.97. The molecule has 0 spiro atoms. The highest BCUT2D eigenvalue weighted by atomic mass is 32.2. The second kappa shape index (κ2) is 8.74. The second-order valence-electron chi connectivity index (χ2n) is 4.91. The van der Waals surface area contributed by atoms with E-state index in [-0.39, 0.29) is 12.5 Å². The van der Waals surface area contributed by atoms with Crippen LogP contribution in [-0.2, 0) is 9.53 Å². The maximum atomic E-state index is 11.9. The highest BCUT2D eigenvalue weighted by Crippen LogP contribution is 2.21. The molecule has 23 heavy (non-hydrogen) atoms. The number of aryl methyl sites for hydroxylation is 2. The molecule has 1 amide bonds. The highest BCUT2D eigenvalue weighted by Gasteiger charge is 2.14. The first-order chi connectivity index (χ1) is 11.1. The van der Waals surface area contributed by atoms with Gasteiger partial charge in [0.15, 0.2) is 6.61 Å². The highest BCUT2D eigenvalue weighted by molar-refractivity contribution is 7.99. The Kier molecular flexibility index (Phi) is 6.67. The van der Waals surface area contributed by atoms with E-state index in [2.05, 4.69) is 5.32 Å². The van der Waals surface area contributed by atoms with Crippen molar-refractivity contribution in [3.8, 4) is 0 Å². The van der Waals surface area contributed by atoms with Crippen molar-refractivity contribution in [1.29, 1.82) is 0 Å². The molecule has 0 unspecified atom stereocenters. The van der Waals surface area contributed by atoms with Crippen LogP contribution in [0.5, 0.6) is 0 Å². The molecular formula is C17H19NO3S2. The standard InChI is InChI=1S/C17H19NO3S2/c1-12-10-15(13(2)23-12)17(20)21-11-16(19)18-8-9-22-14-6-4-3-5-7-14/h3-7,10H,8-9,11H2,1-2H3,(H,18,19). The van der Waals surface area contributed by atoms with Gasteiger partial charge >= 0.3 is 5.97 Å². The van der Waals surface area contributed by atoms with Crippen molar-refractivity contribution in [3.63, 3.8) is 0 Å². The molecule has 0 atom stereocenters. The van der Waals surface area contributed by atoms with Gasteiger partial charge in [0.05, 0.1) is 5.56 Å². The third kappa shape index (κ3) is 5.73. The van der Waals surface area contributed by atoms with Gasteiger partial charge in [-0.2, -0.15) is 0 Å². The molecule has 2 aromatic rings. The van der Waals surface area contributed by atoms with Gasteiger partial charge in [0.25, 0.3) is 5.91 Å². The van der Waals surface area contributed by atoms with Crippen LogP contribution in [0.1, 0.15) is 20.1 Å². The molecule has 0 radical (unpaired) electrons. The van der Waals surface area contributed by atoms with E-state index in [1.54, 1.807) is 29.2 Å². The van der Waals surface area contributed by atoms with E-state index in [1.165, 1.54) is 0 Å². The molecule has 122 valence electrons. The Hall–Kier alpha value is -1.79. The molecule has 0 fully saturated rings. The Morgan fingerprint density at radius 1 is 1.22 bits per heavy atom. The number of carbonyl (C=O) groups is 2. The van der Waals surface area contributed by atoms with Crippen molar-refractivity contribution in [1.82, 2.24) is 5.32 Å². The summed E-state index contributed by atoms with van der Waals surface area (Å²) in [6.45, 7) is 4.09. The average Bonchev–Trinajstić information content (AvgIpc) is 2.89. The average molecular weight is 349 g/mol. The van der Waals surface area contributed by atoms with E-state index in [9.17, 15) is 9.59 Å². The molecule has 0 aliphatic rings. The van der Waals surface area contributed by atoms with E-state index in [1.807, 2.05) is 44.2 Å². The van der Waals surface area contributed by atoms with Crippen molar-refractivity contribution < 1.29 is 14.3 Å². The number of nitrogens with one attached hydrogen (secondary N) is 1. The zero-order valence-electron chi connectivity index (χ0n) is 13.1. The number of benzene rings is 1. The molecule has 6 heteroatoms. The van der Waals surface area contributed by atoms with Gasteiger partial charge in [0.2, 0.25) is 0 Å². The fourth-order valence-corrected chi connectivity index (χ4v) is 3.67. The lowest BCUT2D eigenvalue weighted by Crippen LogP contribution is -2.30. The summed E-state index contributed by atoms with van der Waals surface area (Å²) in [5, 5.41) is 2.75. The third-order valence-corrected chi connectivity index (χ3v) is 5.01. The van der Waals surface area contributed by atoms with Gasteiger partial charge < -0.3 is 10.1 Å². The van der Waals surface area contributed by atoms with Crippen LogP contribution in [0.15, 0.2) is 41.3 Å². The molecule has 1 aromatic heterocycles. The van der Waals surface area contributed by atoms with Crippen LogP contribution >= 0.6 is 23.1 Å². The quantitative estimate of drug-likeness (QED) is 0.473. The minimum Gasteiger partial charge on any atom is -0.452 e. The number of hydrogen-bond acceptors (Lipinski definition) is 5. The van der Waals surface area contributed by atoms with Gasteiger partial charge in [-0.05, 0) is 32.0 Å². The number of esters is 1. The summed E-state index contributed by atoms with van der Waals surface area (Å²) in [6, 6.07) is 11.8. The van der Waals surface area contributed by atoms with Crippen molar-refractivity contribution >= 4 is 35.0 Å². The predicted octanol–water partition coefficient (Wildman–Crippen LogP) is 3.43. The van der Waals surface area contributed by atoms with Crippen molar-refractivity contribution in [2.24, 2.45) is 0 Å². The number of carbonyl (C=O) groups excluding carboxylic acids is 2. The number of thioether (sulfide) groups is 1. The number of thiophene rings is 1. The summed E-state index contributed by atoms with van der Waals surface area (Å²) < 4.78 is 5.05. The summed E-state index contributed by atoms with van der Waals surface area (Å²) in [7, 11) is 0. The van der Waals surface area contributed by atoms with E-state index in [4.69, 9.17) is 4.74 Å². The molecule has 1 heterocycles. The van der Waals surface area contributed by atoms with Crippen LogP contribution in [0.4, 0.5) is 0 Å². The van der Waals surface area contributed by atoms with E-state index in [0.29, 0.717) is 12.1 Å². The Labute approximate surface area is 144 Å². The summed E-state index contributed by atoms with van der Waals surface area (Å²) in [5.74, 6) is 0.0456. The molecule has 0 saturated carbocycles. The minimum atomic E-state index is -0.444. The first-order valence-electron chi connectivity index (χ1n) is 7.25. The maximum absolute atomic E-state index is 11.9. The molecule has 0 aliphatic heterocycles. The van der Waals surface area contributed by atoms with E-state index in [0.717, 1.165) is 20.4 Å². The number of ether oxygens (including phenoxy) is 1.